The molecule has 0 N–H and O–H groups in total. The van der Waals surface area contributed by atoms with Crippen LogP contribution in [0.25, 0.3) is 72.0 Å². The Kier molecular flexibility index (Phi) is 8.03. The minimum atomic E-state index is 0.0838. The minimum Gasteiger partial charge on any atom is -0.309 e. The molecule has 1 nitrogen and oxygen atoms in total. The predicted molar refractivity (Wildman–Crippen MR) is 220 cm³/mol. The second-order valence-electron chi connectivity index (χ2n) is 15.9. The molecule has 0 aliphatic carbocycles. The quantitative estimate of drug-likeness (QED) is 0.162. The molecular formula is C50H45N. The third-order valence-corrected chi connectivity index (χ3v) is 10.3. The van der Waals surface area contributed by atoms with E-state index in [0.29, 0.717) is 0 Å². The second-order valence-corrected chi connectivity index (χ2v) is 15.9. The Labute approximate surface area is 302 Å². The van der Waals surface area contributed by atoms with Gasteiger partial charge >= 0.3 is 0 Å². The van der Waals surface area contributed by atoms with Crippen LogP contribution in [0.5, 0.6) is 0 Å². The molecule has 0 unspecified atom stereocenters. The maximum Gasteiger partial charge on any atom is 0.0535 e. The highest BCUT2D eigenvalue weighted by Crippen LogP contribution is 2.41. The largest absolute Gasteiger partial charge is 0.309 e. The summed E-state index contributed by atoms with van der Waals surface area (Å²) in [6, 6.07) is 60.7. The molecule has 51 heavy (non-hydrogen) atoms. The summed E-state index contributed by atoms with van der Waals surface area (Å²) in [5, 5.41) is 4.99. The predicted octanol–water partition coefficient (Wildman–Crippen LogP) is 14.0. The van der Waals surface area contributed by atoms with Crippen molar-refractivity contribution >= 4 is 21.5 Å². The van der Waals surface area contributed by atoms with Gasteiger partial charge in [-0.3, -0.25) is 0 Å². The van der Waals surface area contributed by atoms with E-state index in [1.54, 1.807) is 0 Å². The highest BCUT2D eigenvalue weighted by Gasteiger charge is 2.19. The summed E-state index contributed by atoms with van der Waals surface area (Å²) in [7, 11) is 0. The van der Waals surface area contributed by atoms with E-state index in [-0.39, 0.29) is 10.8 Å². The molecule has 8 aromatic rings. The zero-order valence-corrected chi connectivity index (χ0v) is 30.5. The number of fused-ring (bicyclic) bond motifs is 2. The first-order valence-corrected chi connectivity index (χ1v) is 18.1. The summed E-state index contributed by atoms with van der Waals surface area (Å²) in [6.07, 6.45) is 0. The minimum absolute atomic E-state index is 0.0838. The first-order valence-electron chi connectivity index (χ1n) is 18.1. The fourth-order valence-electron chi connectivity index (χ4n) is 7.42. The van der Waals surface area contributed by atoms with E-state index < -0.39 is 0 Å². The zero-order chi connectivity index (χ0) is 35.3. The van der Waals surface area contributed by atoms with Gasteiger partial charge in [0.15, 0.2) is 0 Å². The Morgan fingerprint density at radius 2 is 0.824 bits per heavy atom. The van der Waals surface area contributed by atoms with Crippen LogP contribution < -0.4 is 0 Å². The van der Waals surface area contributed by atoms with E-state index in [4.69, 9.17) is 0 Å². The van der Waals surface area contributed by atoms with Crippen LogP contribution >= 0.6 is 0 Å². The molecule has 0 atom stereocenters. The number of rotatable bonds is 5. The van der Waals surface area contributed by atoms with Crippen LogP contribution in [0.2, 0.25) is 0 Å². The van der Waals surface area contributed by atoms with Gasteiger partial charge in [0, 0.05) is 5.69 Å². The summed E-state index contributed by atoms with van der Waals surface area (Å²) in [6.45, 7) is 13.7. The summed E-state index contributed by atoms with van der Waals surface area (Å²) in [5.41, 5.74) is 13.7. The number of nitrogens with zero attached hydrogens (tertiary/aromatic N) is 1. The monoisotopic (exact) mass is 659 g/mol. The van der Waals surface area contributed by atoms with Gasteiger partial charge in [0.25, 0.3) is 0 Å². The van der Waals surface area contributed by atoms with E-state index in [1.807, 2.05) is 0 Å². The van der Waals surface area contributed by atoms with Crippen molar-refractivity contribution in [3.63, 3.8) is 0 Å². The van der Waals surface area contributed by atoms with Crippen molar-refractivity contribution in [1.29, 1.82) is 0 Å². The van der Waals surface area contributed by atoms with Gasteiger partial charge in [-0.15, -0.1) is 0 Å². The maximum atomic E-state index is 2.44. The molecule has 0 radical (unpaired) electrons. The van der Waals surface area contributed by atoms with Crippen LogP contribution in [-0.4, -0.2) is 4.57 Å². The third kappa shape index (κ3) is 6.19. The molecule has 0 aliphatic heterocycles. The van der Waals surface area contributed by atoms with E-state index in [9.17, 15) is 0 Å². The van der Waals surface area contributed by atoms with Crippen LogP contribution in [0.3, 0.4) is 0 Å². The van der Waals surface area contributed by atoms with Gasteiger partial charge in [0.2, 0.25) is 0 Å². The number of aromatic nitrogens is 1. The van der Waals surface area contributed by atoms with Crippen molar-refractivity contribution in [2.45, 2.75) is 52.4 Å². The average molecular weight is 660 g/mol. The molecule has 0 fully saturated rings. The lowest BCUT2D eigenvalue weighted by Crippen LogP contribution is -2.10. The summed E-state index contributed by atoms with van der Waals surface area (Å²) in [4.78, 5) is 0. The van der Waals surface area contributed by atoms with Gasteiger partial charge in [-0.05, 0) is 113 Å². The molecule has 1 heterocycles. The molecule has 0 aliphatic rings. The van der Waals surface area contributed by atoms with Crippen LogP contribution in [0.15, 0.2) is 164 Å². The molecule has 0 bridgehead atoms. The van der Waals surface area contributed by atoms with E-state index in [0.717, 1.165) is 5.69 Å². The van der Waals surface area contributed by atoms with Gasteiger partial charge in [0.1, 0.15) is 0 Å². The Morgan fingerprint density at radius 1 is 0.353 bits per heavy atom. The van der Waals surface area contributed by atoms with Gasteiger partial charge in [-0.1, -0.05) is 169 Å². The van der Waals surface area contributed by atoms with Gasteiger partial charge in [0.05, 0.1) is 11.4 Å². The Morgan fingerprint density at radius 3 is 1.33 bits per heavy atom. The average Bonchev–Trinajstić information content (AvgIpc) is 3.59. The van der Waals surface area contributed by atoms with E-state index >= 15 is 0 Å². The van der Waals surface area contributed by atoms with E-state index in [2.05, 4.69) is 210 Å². The fraction of sp³-hybridized carbons (Fsp3) is 0.160. The van der Waals surface area contributed by atoms with Crippen molar-refractivity contribution in [1.82, 2.24) is 4.57 Å². The SMILES string of the molecule is CC(C)(C)c1ccc(-c2cccc3cc4c(-c5ccc(C(C)(C)C)cc5)cc(-n5c(-c6ccccc6)ccc5-c5ccccc5)cc4cc23)cc1. The lowest BCUT2D eigenvalue weighted by molar-refractivity contribution is 0.590. The molecule has 1 aromatic heterocycles. The number of hydrogen-bond donors (Lipinski definition) is 0. The Balaban J connectivity index is 1.41. The molecule has 0 amide bonds. The standard InChI is InChI=1S/C50H45N/c1-49(2,3)40-24-20-34(21-25-40)43-19-13-18-38-31-45-39(32-44(38)43)30-42(33-46(45)35-22-26-41(27-23-35)50(4,5)6)51-47(36-14-9-7-10-15-36)28-29-48(51)37-16-11-8-12-17-37/h7-33H,1-6H3. The molecule has 250 valence electrons. The first kappa shape index (κ1) is 32.5. The Bertz CT molecular complexity index is 2430. The van der Waals surface area contributed by atoms with Crippen LogP contribution in [-0.2, 0) is 10.8 Å². The molecule has 1 heteroatoms. The van der Waals surface area contributed by atoms with Crippen molar-refractivity contribution in [3.05, 3.63) is 175 Å². The highest BCUT2D eigenvalue weighted by molar-refractivity contribution is 6.10. The van der Waals surface area contributed by atoms with Crippen LogP contribution in [0.1, 0.15) is 52.7 Å². The van der Waals surface area contributed by atoms with Crippen molar-refractivity contribution in [2.24, 2.45) is 0 Å². The van der Waals surface area contributed by atoms with E-state index in [1.165, 1.54) is 77.4 Å². The van der Waals surface area contributed by atoms with Gasteiger partial charge in [-0.25, -0.2) is 0 Å². The zero-order valence-electron chi connectivity index (χ0n) is 30.5. The van der Waals surface area contributed by atoms with Crippen molar-refractivity contribution in [3.8, 4) is 50.5 Å². The number of benzene rings is 7. The lowest BCUT2D eigenvalue weighted by atomic mass is 9.85. The second kappa shape index (κ2) is 12.6. The van der Waals surface area contributed by atoms with Crippen LogP contribution in [0.4, 0.5) is 0 Å². The summed E-state index contributed by atoms with van der Waals surface area (Å²) >= 11 is 0. The van der Waals surface area contributed by atoms with Gasteiger partial charge < -0.3 is 4.57 Å². The first-order chi connectivity index (χ1) is 24.5. The highest BCUT2D eigenvalue weighted by atomic mass is 15.0. The topological polar surface area (TPSA) is 4.93 Å². The maximum absolute atomic E-state index is 2.44. The normalized spacial score (nSPS) is 12.1. The molecule has 0 saturated carbocycles. The molecular weight excluding hydrogens is 615 g/mol. The molecule has 7 aromatic carbocycles. The smallest absolute Gasteiger partial charge is 0.0535 e. The van der Waals surface area contributed by atoms with Gasteiger partial charge in [-0.2, -0.15) is 0 Å². The van der Waals surface area contributed by atoms with Crippen LogP contribution in [0, 0.1) is 0 Å². The molecule has 8 rings (SSSR count). The fourth-order valence-corrected chi connectivity index (χ4v) is 7.42. The molecule has 0 saturated heterocycles. The number of hydrogen-bond acceptors (Lipinski definition) is 0. The summed E-state index contributed by atoms with van der Waals surface area (Å²) < 4.78 is 2.44. The Hall–Kier alpha value is -5.66. The third-order valence-electron chi connectivity index (χ3n) is 10.3. The molecule has 0 spiro atoms. The summed E-state index contributed by atoms with van der Waals surface area (Å²) in [5.74, 6) is 0. The lowest BCUT2D eigenvalue weighted by Gasteiger charge is -2.21. The van der Waals surface area contributed by atoms with Crippen molar-refractivity contribution in [2.75, 3.05) is 0 Å². The van der Waals surface area contributed by atoms with Crippen molar-refractivity contribution < 1.29 is 0 Å².